The van der Waals surface area contributed by atoms with Crippen molar-refractivity contribution in [2.24, 2.45) is 11.3 Å². The fourth-order valence-corrected chi connectivity index (χ4v) is 3.25. The van der Waals surface area contributed by atoms with Crippen LogP contribution in [0.5, 0.6) is 0 Å². The van der Waals surface area contributed by atoms with Gasteiger partial charge in [0.1, 0.15) is 6.04 Å². The number of carbonyl (C=O) groups excluding carboxylic acids is 2. The molecule has 5 nitrogen and oxygen atoms in total. The van der Waals surface area contributed by atoms with E-state index in [-0.39, 0.29) is 17.2 Å². The van der Waals surface area contributed by atoms with Crippen molar-refractivity contribution in [1.29, 1.82) is 0 Å². The number of likely N-dealkylation sites (tertiary alicyclic amines) is 1. The first-order chi connectivity index (χ1) is 9.81. The van der Waals surface area contributed by atoms with Crippen LogP contribution in [0.4, 0.5) is 0 Å². The van der Waals surface area contributed by atoms with Gasteiger partial charge in [0, 0.05) is 26.1 Å². The zero-order valence-corrected chi connectivity index (χ0v) is 13.8. The molecule has 1 N–H and O–H groups in total. The molecule has 2 saturated heterocycles. The zero-order valence-electron chi connectivity index (χ0n) is 13.8. The third-order valence-corrected chi connectivity index (χ3v) is 4.63. The van der Waals surface area contributed by atoms with Crippen molar-refractivity contribution < 1.29 is 9.59 Å². The zero-order chi connectivity index (χ0) is 15.6. The molecule has 0 spiro atoms. The monoisotopic (exact) mass is 295 g/mol. The van der Waals surface area contributed by atoms with Gasteiger partial charge in [0.05, 0.1) is 0 Å². The molecular formula is C16H29N3O2. The maximum atomic E-state index is 12.8. The summed E-state index contributed by atoms with van der Waals surface area (Å²) >= 11 is 0. The van der Waals surface area contributed by atoms with Crippen molar-refractivity contribution in [2.75, 3.05) is 32.7 Å². The van der Waals surface area contributed by atoms with Gasteiger partial charge in [-0.1, -0.05) is 27.7 Å². The number of amides is 2. The highest BCUT2D eigenvalue weighted by molar-refractivity contribution is 5.90. The number of carbonyl (C=O) groups is 2. The van der Waals surface area contributed by atoms with E-state index in [1.807, 2.05) is 25.7 Å². The first-order valence-electron chi connectivity index (χ1n) is 8.11. The summed E-state index contributed by atoms with van der Waals surface area (Å²) in [7, 11) is 0. The largest absolute Gasteiger partial charge is 0.344 e. The van der Waals surface area contributed by atoms with Crippen LogP contribution in [-0.2, 0) is 9.59 Å². The van der Waals surface area contributed by atoms with Crippen molar-refractivity contribution >= 4 is 11.8 Å². The van der Waals surface area contributed by atoms with Crippen molar-refractivity contribution in [3.63, 3.8) is 0 Å². The minimum atomic E-state index is -0.406. The number of rotatable bonds is 3. The van der Waals surface area contributed by atoms with Gasteiger partial charge in [0.25, 0.3) is 0 Å². The van der Waals surface area contributed by atoms with E-state index in [9.17, 15) is 9.59 Å². The lowest BCUT2D eigenvalue weighted by Crippen LogP contribution is -2.52. The van der Waals surface area contributed by atoms with E-state index >= 15 is 0 Å². The Hall–Kier alpha value is -1.10. The summed E-state index contributed by atoms with van der Waals surface area (Å²) in [6, 6.07) is -0.406. The molecule has 5 heteroatoms. The topological polar surface area (TPSA) is 52.6 Å². The number of nitrogens with zero attached hydrogens (tertiary/aromatic N) is 2. The smallest absolute Gasteiger partial charge is 0.245 e. The Balaban J connectivity index is 2.04. The molecule has 0 saturated carbocycles. The Morgan fingerprint density at radius 2 is 1.95 bits per heavy atom. The molecule has 2 amide bonds. The highest BCUT2D eigenvalue weighted by atomic mass is 16.2. The molecule has 2 rings (SSSR count). The standard InChI is InChI=1S/C16H29N3O2/c1-5-18-8-6-12(10-18)11-19-9-7-13(20)17-14(15(19)21)16(2,3)4/h12,14H,5-11H2,1-4H3,(H,17,20). The molecule has 0 aromatic rings. The average molecular weight is 295 g/mol. The van der Waals surface area contributed by atoms with E-state index in [2.05, 4.69) is 17.1 Å². The van der Waals surface area contributed by atoms with Crippen molar-refractivity contribution in [3.05, 3.63) is 0 Å². The van der Waals surface area contributed by atoms with Gasteiger partial charge in [-0.3, -0.25) is 9.59 Å². The van der Waals surface area contributed by atoms with Crippen LogP contribution in [0.3, 0.4) is 0 Å². The maximum absolute atomic E-state index is 12.8. The average Bonchev–Trinajstić information content (AvgIpc) is 2.80. The lowest BCUT2D eigenvalue weighted by molar-refractivity contribution is -0.136. The fraction of sp³-hybridized carbons (Fsp3) is 0.875. The molecule has 2 aliphatic rings. The quantitative estimate of drug-likeness (QED) is 0.848. The predicted octanol–water partition coefficient (Wildman–Crippen LogP) is 1.09. The summed E-state index contributed by atoms with van der Waals surface area (Å²) < 4.78 is 0. The van der Waals surface area contributed by atoms with Gasteiger partial charge in [-0.15, -0.1) is 0 Å². The SMILES string of the molecule is CCN1CCC(CN2CCC(=O)NC(C(C)(C)C)C2=O)C1. The second-order valence-corrected chi connectivity index (χ2v) is 7.45. The van der Waals surface area contributed by atoms with Crippen LogP contribution in [0, 0.1) is 11.3 Å². The van der Waals surface area contributed by atoms with Crippen molar-refractivity contribution in [1.82, 2.24) is 15.1 Å². The lowest BCUT2D eigenvalue weighted by Gasteiger charge is -2.33. The molecule has 120 valence electrons. The summed E-state index contributed by atoms with van der Waals surface area (Å²) in [5.41, 5.74) is -0.250. The molecule has 2 atom stereocenters. The van der Waals surface area contributed by atoms with E-state index in [4.69, 9.17) is 0 Å². The van der Waals surface area contributed by atoms with Crippen LogP contribution in [0.2, 0.25) is 0 Å². The number of nitrogens with one attached hydrogen (secondary N) is 1. The van der Waals surface area contributed by atoms with Gasteiger partial charge < -0.3 is 15.1 Å². The summed E-state index contributed by atoms with van der Waals surface area (Å²) in [5, 5.41) is 2.90. The molecule has 0 aromatic heterocycles. The first kappa shape index (κ1) is 16.3. The Kier molecular flexibility index (Phi) is 4.91. The van der Waals surface area contributed by atoms with E-state index in [0.29, 0.717) is 18.9 Å². The van der Waals surface area contributed by atoms with Crippen LogP contribution >= 0.6 is 0 Å². The van der Waals surface area contributed by atoms with Crippen molar-refractivity contribution in [3.8, 4) is 0 Å². The number of hydrogen-bond acceptors (Lipinski definition) is 3. The minimum absolute atomic E-state index is 0.00705. The Labute approximate surface area is 128 Å². The van der Waals surface area contributed by atoms with Gasteiger partial charge in [0.2, 0.25) is 11.8 Å². The Morgan fingerprint density at radius 1 is 1.24 bits per heavy atom. The van der Waals surface area contributed by atoms with E-state index in [1.165, 1.54) is 0 Å². The lowest BCUT2D eigenvalue weighted by atomic mass is 9.86. The molecule has 0 aliphatic carbocycles. The highest BCUT2D eigenvalue weighted by Gasteiger charge is 2.38. The molecule has 0 radical (unpaired) electrons. The molecule has 0 aromatic carbocycles. The van der Waals surface area contributed by atoms with Gasteiger partial charge in [0.15, 0.2) is 0 Å². The van der Waals surface area contributed by atoms with Crippen LogP contribution < -0.4 is 5.32 Å². The fourth-order valence-electron chi connectivity index (χ4n) is 3.25. The molecule has 2 fully saturated rings. The third kappa shape index (κ3) is 3.96. The van der Waals surface area contributed by atoms with E-state index < -0.39 is 6.04 Å². The predicted molar refractivity (Wildman–Crippen MR) is 82.8 cm³/mol. The normalized spacial score (nSPS) is 28.7. The summed E-state index contributed by atoms with van der Waals surface area (Å²) in [5.74, 6) is 0.624. The van der Waals surface area contributed by atoms with Gasteiger partial charge in [-0.2, -0.15) is 0 Å². The van der Waals surface area contributed by atoms with Gasteiger partial charge in [-0.25, -0.2) is 0 Å². The molecule has 21 heavy (non-hydrogen) atoms. The second kappa shape index (κ2) is 6.34. The van der Waals surface area contributed by atoms with Crippen molar-refractivity contribution in [2.45, 2.75) is 46.6 Å². The molecule has 0 bridgehead atoms. The summed E-state index contributed by atoms with van der Waals surface area (Å²) in [6.45, 7) is 12.8. The Morgan fingerprint density at radius 3 is 2.52 bits per heavy atom. The second-order valence-electron chi connectivity index (χ2n) is 7.45. The third-order valence-electron chi connectivity index (χ3n) is 4.63. The van der Waals surface area contributed by atoms with Crippen LogP contribution in [0.15, 0.2) is 0 Å². The van der Waals surface area contributed by atoms with E-state index in [1.54, 1.807) is 0 Å². The summed E-state index contributed by atoms with van der Waals surface area (Å²) in [6.07, 6.45) is 1.57. The molecule has 2 aliphatic heterocycles. The first-order valence-corrected chi connectivity index (χ1v) is 8.11. The molecular weight excluding hydrogens is 266 g/mol. The molecule has 2 heterocycles. The number of hydrogen-bond donors (Lipinski definition) is 1. The van der Waals surface area contributed by atoms with E-state index in [0.717, 1.165) is 32.6 Å². The van der Waals surface area contributed by atoms with Crippen LogP contribution in [0.1, 0.15) is 40.5 Å². The summed E-state index contributed by atoms with van der Waals surface area (Å²) in [4.78, 5) is 29.0. The Bertz CT molecular complexity index is 403. The molecule has 2 unspecified atom stereocenters. The van der Waals surface area contributed by atoms with Crippen LogP contribution in [0.25, 0.3) is 0 Å². The maximum Gasteiger partial charge on any atom is 0.245 e. The van der Waals surface area contributed by atoms with Gasteiger partial charge in [-0.05, 0) is 30.8 Å². The van der Waals surface area contributed by atoms with Gasteiger partial charge >= 0.3 is 0 Å². The highest BCUT2D eigenvalue weighted by Crippen LogP contribution is 2.25. The minimum Gasteiger partial charge on any atom is -0.344 e. The van der Waals surface area contributed by atoms with Crippen LogP contribution in [-0.4, -0.2) is 60.4 Å².